The first kappa shape index (κ1) is 67.9. The zero-order valence-electron chi connectivity index (χ0n) is 64.7. The van der Waals surface area contributed by atoms with Crippen LogP contribution in [0.25, 0.3) is 0 Å². The largest absolute Gasteiger partial charge is 0.465 e. The number of carbonyl (C=O) groups excluding carboxylic acids is 5. The van der Waals surface area contributed by atoms with Crippen molar-refractivity contribution in [1.29, 1.82) is 0 Å². The molecule has 23 fully saturated rings. The van der Waals surface area contributed by atoms with E-state index in [-0.39, 0.29) is 52.5 Å². The van der Waals surface area contributed by atoms with Gasteiger partial charge in [0.25, 0.3) is 0 Å². The highest BCUT2D eigenvalue weighted by Gasteiger charge is 2.77. The Labute approximate surface area is 601 Å². The van der Waals surface area contributed by atoms with Crippen LogP contribution < -0.4 is 0 Å². The lowest BCUT2D eigenvalue weighted by atomic mass is 9.55. The minimum atomic E-state index is -0.0882. The number of fused-ring (bicyclic) bond motifs is 51. The Bertz CT molecular complexity index is 3330. The molecule has 0 aromatic carbocycles. The van der Waals surface area contributed by atoms with Gasteiger partial charge in [-0.15, -0.1) is 0 Å². The molecule has 0 aromatic rings. The summed E-state index contributed by atoms with van der Waals surface area (Å²) in [5.41, 5.74) is 1.82. The number of aliphatic hydroxyl groups is 1. The van der Waals surface area contributed by atoms with Gasteiger partial charge in [-0.3, -0.25) is 24.0 Å². The van der Waals surface area contributed by atoms with Crippen LogP contribution >= 0.6 is 0 Å². The van der Waals surface area contributed by atoms with Gasteiger partial charge in [0.15, 0.2) is 0 Å². The fourth-order valence-corrected chi connectivity index (χ4v) is 37.1. The Kier molecular flexibility index (Phi) is 15.1. The van der Waals surface area contributed by atoms with E-state index in [0.29, 0.717) is 136 Å². The maximum atomic E-state index is 12.2. The van der Waals surface area contributed by atoms with Gasteiger partial charge in [0.05, 0.1) is 62.1 Å². The minimum absolute atomic E-state index is 0.0882. The van der Waals surface area contributed by atoms with Gasteiger partial charge in [-0.1, -0.05) is 118 Å². The molecule has 18 aliphatic carbocycles. The van der Waals surface area contributed by atoms with E-state index in [1.54, 1.807) is 0 Å². The first-order valence-electron chi connectivity index (χ1n) is 42.6. The first-order chi connectivity index (χ1) is 47.1. The van der Waals surface area contributed by atoms with E-state index in [0.717, 1.165) is 175 Å². The predicted molar refractivity (Wildman–Crippen MR) is 380 cm³/mol. The molecule has 18 saturated carbocycles. The highest BCUT2D eigenvalue weighted by Crippen LogP contribution is 2.80. The number of hydrogen-bond donors (Lipinski definition) is 1. The Morgan fingerprint density at radius 2 is 0.700 bits per heavy atom. The van der Waals surface area contributed by atoms with Crippen LogP contribution in [0.4, 0.5) is 0 Å². The molecule has 0 amide bonds. The van der Waals surface area contributed by atoms with E-state index in [1.807, 2.05) is 0 Å². The number of hydrogen-bond acceptors (Lipinski definition) is 11. The summed E-state index contributed by atoms with van der Waals surface area (Å²) >= 11 is 0. The third-order valence-corrected chi connectivity index (χ3v) is 38.4. The summed E-state index contributed by atoms with van der Waals surface area (Å²) in [5, 5.41) is 10.1. The average Bonchev–Trinajstić information content (AvgIpc) is 1.54. The van der Waals surface area contributed by atoms with Crippen molar-refractivity contribution < 1.29 is 52.8 Å². The van der Waals surface area contributed by atoms with Gasteiger partial charge < -0.3 is 28.8 Å². The fraction of sp³-hybridized carbons (Fsp3) is 0.944. The molecule has 23 aliphatic rings. The third kappa shape index (κ3) is 9.09. The van der Waals surface area contributed by atoms with Crippen LogP contribution in [-0.2, 0) is 47.7 Å². The number of aliphatic hydroxyl groups excluding tert-OH is 1. The molecular formula is C89H132O11. The molecular weight excluding hydrogens is 1240 g/mol. The summed E-state index contributed by atoms with van der Waals surface area (Å²) in [6.45, 7) is 44.8. The van der Waals surface area contributed by atoms with Gasteiger partial charge in [-0.05, 0) is 312 Å². The second kappa shape index (κ2) is 22.2. The number of rotatable bonds is 1. The van der Waals surface area contributed by atoms with Crippen LogP contribution in [0.1, 0.15) is 201 Å². The molecule has 1 spiro atoms. The highest BCUT2D eigenvalue weighted by atomic mass is 16.6. The molecule has 11 heteroatoms. The molecule has 5 aliphatic heterocycles. The SMILES string of the molecule is CC(C)(C)C1C(CO)C2CC1C1C3CC(C4COC(=O)C43)C21.CC(C)(C)C1CC2CC1C1C3CC(C4C(=O)OCC34)C21.CC(C)(C)C1CC2CC1C1C3CC(C4COC(=O)C43)C21.CC1C2CC(C1C(C)(C)C)C1(CCOC1=O)C2.CC1C2CC(C3C4CC(C5COC(=O)C54)C23)C1C(C)(C)C. The molecule has 43 unspecified atom stereocenters. The van der Waals surface area contributed by atoms with Gasteiger partial charge in [-0.2, -0.15) is 0 Å². The van der Waals surface area contributed by atoms with E-state index in [9.17, 15) is 29.1 Å². The molecule has 100 heavy (non-hydrogen) atoms. The Morgan fingerprint density at radius 1 is 0.340 bits per heavy atom. The van der Waals surface area contributed by atoms with Gasteiger partial charge in [0.2, 0.25) is 0 Å². The zero-order valence-corrected chi connectivity index (χ0v) is 64.7. The summed E-state index contributed by atoms with van der Waals surface area (Å²) < 4.78 is 27.0. The Balaban J connectivity index is 0.0000000872. The number of esters is 5. The van der Waals surface area contributed by atoms with Gasteiger partial charge in [-0.25, -0.2) is 0 Å². The van der Waals surface area contributed by atoms with Gasteiger partial charge in [0.1, 0.15) is 0 Å². The monoisotopic (exact) mass is 1380 g/mol. The Hall–Kier alpha value is -2.69. The number of carbonyl (C=O) groups is 5. The standard InChI is InChI=1S/C19H28O3.C19H28O2.2C18H26O2.C15H24O2/c1-19(2,3)17-11-5-8(12(17)6-20)14-9-4-10(15(11)14)16-13(9)7-22-18(16)21;1-8-9-5-12(17(8)19(2,3)4)15-11-6-10(14(9)15)13-7-21-18(20)16(11)13;1-18(2,3)13-5-8-4-10(13)15-9-6-11(14(8)15)16-12(9)7-20-17(16)19;1-18(2,3)13-5-8-4-10(13)15-11-6-9(14(8)15)12-7-20-17(19)16(11)12;1-9-10-7-11(12(9)14(2,3)4)15(8-10)5-6-17-13(15)16/h8-17,20H,4-7H2,1-3H3;8-17H,5-7H2,1-4H3;2*8-16H,4-7H2,1-3H3;9-12H,5-8H2,1-4H3. The summed E-state index contributed by atoms with van der Waals surface area (Å²) in [6.07, 6.45) is 17.3. The molecule has 554 valence electrons. The van der Waals surface area contributed by atoms with Crippen molar-refractivity contribution >= 4 is 29.8 Å². The lowest BCUT2D eigenvalue weighted by molar-refractivity contribution is -0.152. The third-order valence-electron chi connectivity index (χ3n) is 38.4. The lowest BCUT2D eigenvalue weighted by Gasteiger charge is -2.49. The second-order valence-corrected chi connectivity index (χ2v) is 46.1. The van der Waals surface area contributed by atoms with E-state index in [4.69, 9.17) is 23.7 Å². The van der Waals surface area contributed by atoms with Crippen LogP contribution in [0, 0.1) is 281 Å². The van der Waals surface area contributed by atoms with E-state index in [1.165, 1.54) is 70.6 Å². The fourth-order valence-electron chi connectivity index (χ4n) is 37.1. The summed E-state index contributed by atoms with van der Waals surface area (Å²) in [6, 6.07) is 0. The first-order valence-corrected chi connectivity index (χ1v) is 42.6. The van der Waals surface area contributed by atoms with Gasteiger partial charge >= 0.3 is 29.8 Å². The molecule has 5 heterocycles. The van der Waals surface area contributed by atoms with E-state index < -0.39 is 0 Å². The van der Waals surface area contributed by atoms with E-state index in [2.05, 4.69) is 118 Å². The smallest absolute Gasteiger partial charge is 0.312 e. The maximum absolute atomic E-state index is 12.2. The van der Waals surface area contributed by atoms with Gasteiger partial charge in [0, 0.05) is 30.3 Å². The maximum Gasteiger partial charge on any atom is 0.312 e. The number of ether oxygens (including phenoxy) is 5. The van der Waals surface area contributed by atoms with Crippen LogP contribution in [0.5, 0.6) is 0 Å². The van der Waals surface area contributed by atoms with Crippen molar-refractivity contribution in [1.82, 2.24) is 0 Å². The van der Waals surface area contributed by atoms with Crippen LogP contribution in [0.3, 0.4) is 0 Å². The molecule has 18 bridgehead atoms. The van der Waals surface area contributed by atoms with Crippen molar-refractivity contribution in [2.24, 2.45) is 281 Å². The highest BCUT2D eigenvalue weighted by molar-refractivity contribution is 5.80. The Morgan fingerprint density at radius 3 is 1.10 bits per heavy atom. The van der Waals surface area contributed by atoms with Crippen LogP contribution in [-0.4, -0.2) is 74.6 Å². The van der Waals surface area contributed by atoms with Crippen LogP contribution in [0.2, 0.25) is 0 Å². The van der Waals surface area contributed by atoms with Crippen molar-refractivity contribution in [2.45, 2.75) is 201 Å². The molecule has 11 nitrogen and oxygen atoms in total. The predicted octanol–water partition coefficient (Wildman–Crippen LogP) is 16.2. The summed E-state index contributed by atoms with van der Waals surface area (Å²) in [5.74, 6) is 31.3. The van der Waals surface area contributed by atoms with E-state index >= 15 is 0 Å². The molecule has 0 radical (unpaired) electrons. The molecule has 43 atom stereocenters. The summed E-state index contributed by atoms with van der Waals surface area (Å²) in [4.78, 5) is 60.6. The molecule has 1 N–H and O–H groups in total. The average molecular weight is 1380 g/mol. The summed E-state index contributed by atoms with van der Waals surface area (Å²) in [7, 11) is 0. The lowest BCUT2D eigenvalue weighted by Crippen LogP contribution is -2.47. The van der Waals surface area contributed by atoms with Crippen molar-refractivity contribution in [3.8, 4) is 0 Å². The minimum Gasteiger partial charge on any atom is -0.465 e. The normalized spacial score (nSPS) is 57.4. The zero-order chi connectivity index (χ0) is 70.1. The molecule has 0 aromatic heterocycles. The quantitative estimate of drug-likeness (QED) is 0.152. The van der Waals surface area contributed by atoms with Crippen LogP contribution in [0.15, 0.2) is 0 Å². The molecule has 23 rings (SSSR count). The van der Waals surface area contributed by atoms with Crippen molar-refractivity contribution in [3.63, 3.8) is 0 Å². The van der Waals surface area contributed by atoms with Crippen molar-refractivity contribution in [2.75, 3.05) is 39.6 Å². The topological polar surface area (TPSA) is 152 Å². The molecule has 5 saturated heterocycles. The van der Waals surface area contributed by atoms with Crippen molar-refractivity contribution in [3.05, 3.63) is 0 Å². The second-order valence-electron chi connectivity index (χ2n) is 46.1. The number of cyclic esters (lactones) is 5.